The molecule has 0 radical (unpaired) electrons. The molecular formula is C17H22N2O3. The van der Waals surface area contributed by atoms with Crippen LogP contribution in [0.5, 0.6) is 0 Å². The molecule has 1 aliphatic heterocycles. The summed E-state index contributed by atoms with van der Waals surface area (Å²) in [7, 11) is 0. The highest BCUT2D eigenvalue weighted by atomic mass is 16.6. The number of amides is 1. The Morgan fingerprint density at radius 3 is 2.73 bits per heavy atom. The highest BCUT2D eigenvalue weighted by molar-refractivity contribution is 5.95. The number of hydrogen-bond donors (Lipinski definition) is 0. The molecule has 1 aromatic carbocycles. The highest BCUT2D eigenvalue weighted by Crippen LogP contribution is 2.36. The van der Waals surface area contributed by atoms with Crippen LogP contribution in [0.4, 0.5) is 5.69 Å². The lowest BCUT2D eigenvalue weighted by atomic mass is 9.78. The molecule has 1 aromatic rings. The van der Waals surface area contributed by atoms with Gasteiger partial charge in [-0.2, -0.15) is 0 Å². The van der Waals surface area contributed by atoms with Crippen molar-refractivity contribution >= 4 is 11.6 Å². The average molecular weight is 302 g/mol. The lowest BCUT2D eigenvalue weighted by Gasteiger charge is -2.44. The molecule has 3 rings (SSSR count). The molecule has 2 fully saturated rings. The zero-order valence-electron chi connectivity index (χ0n) is 13.0. The van der Waals surface area contributed by atoms with Crippen molar-refractivity contribution in [3.63, 3.8) is 0 Å². The Kier molecular flexibility index (Phi) is 4.14. The van der Waals surface area contributed by atoms with E-state index in [2.05, 4.69) is 0 Å². The van der Waals surface area contributed by atoms with Gasteiger partial charge in [-0.05, 0) is 44.6 Å². The number of carbonyl (C=O) groups excluding carboxylic acids is 1. The van der Waals surface area contributed by atoms with Crippen LogP contribution >= 0.6 is 0 Å². The number of nitrogens with zero attached hydrogens (tertiary/aromatic N) is 2. The first-order chi connectivity index (χ1) is 10.6. The molecule has 5 heteroatoms. The maximum absolute atomic E-state index is 12.8. The first-order valence-corrected chi connectivity index (χ1v) is 8.14. The normalized spacial score (nSPS) is 24.7. The topological polar surface area (TPSA) is 63.5 Å². The van der Waals surface area contributed by atoms with Gasteiger partial charge in [0.05, 0.1) is 4.92 Å². The number of hydrogen-bond acceptors (Lipinski definition) is 3. The quantitative estimate of drug-likeness (QED) is 0.618. The second-order valence-electron chi connectivity index (χ2n) is 6.51. The predicted molar refractivity (Wildman–Crippen MR) is 83.8 cm³/mol. The van der Waals surface area contributed by atoms with Gasteiger partial charge in [0.1, 0.15) is 0 Å². The number of likely N-dealkylation sites (tertiary alicyclic amines) is 1. The van der Waals surface area contributed by atoms with E-state index >= 15 is 0 Å². The highest BCUT2D eigenvalue weighted by Gasteiger charge is 2.36. The van der Waals surface area contributed by atoms with Crippen LogP contribution in [0.1, 0.15) is 54.4 Å². The molecule has 2 aliphatic rings. The van der Waals surface area contributed by atoms with E-state index < -0.39 is 4.92 Å². The minimum Gasteiger partial charge on any atom is -0.335 e. The molecule has 0 bridgehead atoms. The van der Waals surface area contributed by atoms with E-state index in [1.807, 2.05) is 4.90 Å². The monoisotopic (exact) mass is 302 g/mol. The number of nitro benzene ring substituents is 1. The van der Waals surface area contributed by atoms with Gasteiger partial charge in [0, 0.05) is 29.8 Å². The van der Waals surface area contributed by atoms with E-state index in [4.69, 9.17) is 0 Å². The molecule has 118 valence electrons. The third-order valence-corrected chi connectivity index (χ3v) is 5.16. The third-order valence-electron chi connectivity index (χ3n) is 5.16. The van der Waals surface area contributed by atoms with Crippen molar-refractivity contribution in [3.05, 3.63) is 39.4 Å². The summed E-state index contributed by atoms with van der Waals surface area (Å²) in [5, 5.41) is 11.1. The number of aryl methyl sites for hydroxylation is 1. The first kappa shape index (κ1) is 15.0. The van der Waals surface area contributed by atoms with E-state index in [1.165, 1.54) is 31.7 Å². The van der Waals surface area contributed by atoms with Gasteiger partial charge in [-0.3, -0.25) is 14.9 Å². The van der Waals surface area contributed by atoms with Crippen molar-refractivity contribution < 1.29 is 9.72 Å². The van der Waals surface area contributed by atoms with Crippen LogP contribution in [0.25, 0.3) is 0 Å². The number of piperidine rings is 1. The second kappa shape index (κ2) is 6.07. The molecule has 1 aliphatic carbocycles. The molecule has 0 aromatic heterocycles. The summed E-state index contributed by atoms with van der Waals surface area (Å²) >= 11 is 0. The van der Waals surface area contributed by atoms with Gasteiger partial charge < -0.3 is 4.90 Å². The number of benzene rings is 1. The zero-order valence-corrected chi connectivity index (χ0v) is 13.0. The zero-order chi connectivity index (χ0) is 15.7. The molecule has 1 amide bonds. The summed E-state index contributed by atoms with van der Waals surface area (Å²) in [4.78, 5) is 25.5. The molecule has 5 nitrogen and oxygen atoms in total. The summed E-state index contributed by atoms with van der Waals surface area (Å²) in [6.45, 7) is 2.48. The van der Waals surface area contributed by atoms with Crippen molar-refractivity contribution in [2.45, 2.75) is 51.5 Å². The molecule has 1 heterocycles. The van der Waals surface area contributed by atoms with Gasteiger partial charge in [-0.15, -0.1) is 0 Å². The fourth-order valence-corrected chi connectivity index (χ4v) is 3.98. The fourth-order valence-electron chi connectivity index (χ4n) is 3.98. The molecule has 2 atom stereocenters. The van der Waals surface area contributed by atoms with Crippen molar-refractivity contribution in [1.82, 2.24) is 4.90 Å². The Balaban J connectivity index is 1.86. The summed E-state index contributed by atoms with van der Waals surface area (Å²) < 4.78 is 0. The largest absolute Gasteiger partial charge is 0.335 e. The minimum absolute atomic E-state index is 0.0306. The molecular weight excluding hydrogens is 280 g/mol. The summed E-state index contributed by atoms with van der Waals surface area (Å²) in [6, 6.07) is 5.16. The number of rotatable bonds is 2. The molecule has 0 spiro atoms. The summed E-state index contributed by atoms with van der Waals surface area (Å²) in [6.07, 6.45) is 6.98. The SMILES string of the molecule is Cc1ccc(C(=O)N2CCC[C@H]3CCCC[C@H]32)cc1[N+](=O)[O-]. The number of nitro groups is 1. The molecule has 22 heavy (non-hydrogen) atoms. The van der Waals surface area contributed by atoms with Gasteiger partial charge in [0.15, 0.2) is 0 Å². The van der Waals surface area contributed by atoms with Crippen LogP contribution in [0.15, 0.2) is 18.2 Å². The van der Waals surface area contributed by atoms with Crippen LogP contribution in [-0.2, 0) is 0 Å². The Labute approximate surface area is 130 Å². The van der Waals surface area contributed by atoms with E-state index in [0.29, 0.717) is 23.1 Å². The lowest BCUT2D eigenvalue weighted by Crippen LogP contribution is -2.49. The van der Waals surface area contributed by atoms with E-state index in [-0.39, 0.29) is 11.6 Å². The third kappa shape index (κ3) is 2.72. The van der Waals surface area contributed by atoms with Crippen molar-refractivity contribution in [2.24, 2.45) is 5.92 Å². The van der Waals surface area contributed by atoms with Crippen LogP contribution in [0.2, 0.25) is 0 Å². The smallest absolute Gasteiger partial charge is 0.273 e. The van der Waals surface area contributed by atoms with E-state index in [0.717, 1.165) is 19.4 Å². The van der Waals surface area contributed by atoms with Crippen molar-refractivity contribution in [3.8, 4) is 0 Å². The van der Waals surface area contributed by atoms with Gasteiger partial charge in [-0.25, -0.2) is 0 Å². The lowest BCUT2D eigenvalue weighted by molar-refractivity contribution is -0.385. The minimum atomic E-state index is -0.411. The standard InChI is InChI=1S/C17H22N2O3/c1-12-8-9-14(11-16(12)19(21)22)17(20)18-10-4-6-13-5-2-3-7-15(13)18/h8-9,11,13,15H,2-7,10H2,1H3/t13-,15-/m1/s1. The Hall–Kier alpha value is -1.91. The van der Waals surface area contributed by atoms with Gasteiger partial charge in [-0.1, -0.05) is 18.9 Å². The molecule has 0 unspecified atom stereocenters. The number of carbonyl (C=O) groups is 1. The van der Waals surface area contributed by atoms with E-state index in [9.17, 15) is 14.9 Å². The molecule has 1 saturated heterocycles. The maximum Gasteiger partial charge on any atom is 0.273 e. The number of fused-ring (bicyclic) bond motifs is 1. The van der Waals surface area contributed by atoms with Crippen LogP contribution < -0.4 is 0 Å². The average Bonchev–Trinajstić information content (AvgIpc) is 2.54. The Bertz CT molecular complexity index is 598. The van der Waals surface area contributed by atoms with Gasteiger partial charge in [0.2, 0.25) is 0 Å². The van der Waals surface area contributed by atoms with Crippen LogP contribution in [-0.4, -0.2) is 28.3 Å². The van der Waals surface area contributed by atoms with Crippen molar-refractivity contribution in [2.75, 3.05) is 6.54 Å². The van der Waals surface area contributed by atoms with Gasteiger partial charge >= 0.3 is 0 Å². The Morgan fingerprint density at radius 2 is 1.95 bits per heavy atom. The Morgan fingerprint density at radius 1 is 1.23 bits per heavy atom. The predicted octanol–water partition coefficient (Wildman–Crippen LogP) is 3.70. The molecule has 1 saturated carbocycles. The van der Waals surface area contributed by atoms with E-state index in [1.54, 1.807) is 19.1 Å². The summed E-state index contributed by atoms with van der Waals surface area (Å²) in [5.74, 6) is 0.576. The second-order valence-corrected chi connectivity index (χ2v) is 6.51. The fraction of sp³-hybridized carbons (Fsp3) is 0.588. The van der Waals surface area contributed by atoms with Crippen LogP contribution in [0, 0.1) is 23.0 Å². The van der Waals surface area contributed by atoms with Crippen molar-refractivity contribution in [1.29, 1.82) is 0 Å². The maximum atomic E-state index is 12.8. The first-order valence-electron chi connectivity index (χ1n) is 8.14. The summed E-state index contributed by atoms with van der Waals surface area (Å²) in [5.41, 5.74) is 1.07. The van der Waals surface area contributed by atoms with Crippen LogP contribution in [0.3, 0.4) is 0 Å². The van der Waals surface area contributed by atoms with Gasteiger partial charge in [0.25, 0.3) is 11.6 Å². The molecule has 0 N–H and O–H groups in total.